The summed E-state index contributed by atoms with van der Waals surface area (Å²) in [6, 6.07) is 0.115. The third kappa shape index (κ3) is 3.90. The second-order valence-electron chi connectivity index (χ2n) is 6.85. The predicted molar refractivity (Wildman–Crippen MR) is 87.0 cm³/mol. The van der Waals surface area contributed by atoms with Crippen molar-refractivity contribution in [3.05, 3.63) is 24.3 Å². The SMILES string of the molecule is CC(C)NC(=O)C1CC2CN(C(=O)CCc3cncnc3)CC1O2. The van der Waals surface area contributed by atoms with Crippen LogP contribution in [0, 0.1) is 5.92 Å². The van der Waals surface area contributed by atoms with E-state index in [0.29, 0.717) is 32.4 Å². The molecule has 2 amide bonds. The topological polar surface area (TPSA) is 84.4 Å². The van der Waals surface area contributed by atoms with E-state index in [9.17, 15) is 9.59 Å². The number of ether oxygens (including phenoxy) is 1. The molecule has 2 aliphatic rings. The van der Waals surface area contributed by atoms with Crippen LogP contribution >= 0.6 is 0 Å². The summed E-state index contributed by atoms with van der Waals surface area (Å²) in [7, 11) is 0. The highest BCUT2D eigenvalue weighted by Crippen LogP contribution is 2.32. The Labute approximate surface area is 141 Å². The van der Waals surface area contributed by atoms with Crippen molar-refractivity contribution in [3.63, 3.8) is 0 Å². The maximum absolute atomic E-state index is 12.5. The van der Waals surface area contributed by atoms with Gasteiger partial charge in [-0.15, -0.1) is 0 Å². The third-order valence-electron chi connectivity index (χ3n) is 4.52. The van der Waals surface area contributed by atoms with Gasteiger partial charge in [-0.3, -0.25) is 9.59 Å². The number of hydrogen-bond acceptors (Lipinski definition) is 5. The lowest BCUT2D eigenvalue weighted by Gasteiger charge is -2.33. The molecule has 130 valence electrons. The van der Waals surface area contributed by atoms with Gasteiger partial charge in [0, 0.05) is 37.9 Å². The highest BCUT2D eigenvalue weighted by atomic mass is 16.5. The number of nitrogens with zero attached hydrogens (tertiary/aromatic N) is 3. The van der Waals surface area contributed by atoms with Crippen LogP contribution in [-0.2, 0) is 20.7 Å². The fourth-order valence-corrected chi connectivity index (χ4v) is 3.40. The zero-order valence-electron chi connectivity index (χ0n) is 14.1. The molecule has 0 saturated carbocycles. The minimum Gasteiger partial charge on any atom is -0.370 e. The molecule has 7 nitrogen and oxygen atoms in total. The van der Waals surface area contributed by atoms with Crippen molar-refractivity contribution in [2.24, 2.45) is 5.92 Å². The van der Waals surface area contributed by atoms with Gasteiger partial charge in [0.05, 0.1) is 18.1 Å². The lowest BCUT2D eigenvalue weighted by atomic mass is 9.99. The molecule has 1 aromatic rings. The Morgan fingerprint density at radius 3 is 2.79 bits per heavy atom. The molecule has 3 rings (SSSR count). The van der Waals surface area contributed by atoms with Crippen LogP contribution in [0.1, 0.15) is 32.3 Å². The molecule has 3 unspecified atom stereocenters. The molecule has 24 heavy (non-hydrogen) atoms. The Hall–Kier alpha value is -2.02. The van der Waals surface area contributed by atoms with Crippen molar-refractivity contribution in [3.8, 4) is 0 Å². The van der Waals surface area contributed by atoms with Crippen LogP contribution < -0.4 is 5.32 Å². The number of carbonyl (C=O) groups excluding carboxylic acids is 2. The molecule has 3 atom stereocenters. The molecular formula is C17H24N4O3. The lowest BCUT2D eigenvalue weighted by Crippen LogP contribution is -2.48. The van der Waals surface area contributed by atoms with E-state index in [1.807, 2.05) is 18.7 Å². The van der Waals surface area contributed by atoms with Crippen molar-refractivity contribution >= 4 is 11.8 Å². The summed E-state index contributed by atoms with van der Waals surface area (Å²) in [5.74, 6) is -0.0203. The molecule has 1 N–H and O–H groups in total. The number of nitrogens with one attached hydrogen (secondary N) is 1. The second-order valence-corrected chi connectivity index (χ2v) is 6.85. The van der Waals surface area contributed by atoms with Gasteiger partial charge in [0.15, 0.2) is 0 Å². The molecule has 0 spiro atoms. The van der Waals surface area contributed by atoms with E-state index in [4.69, 9.17) is 4.74 Å². The monoisotopic (exact) mass is 332 g/mol. The number of aryl methyl sites for hydroxylation is 1. The van der Waals surface area contributed by atoms with Gasteiger partial charge >= 0.3 is 0 Å². The molecule has 0 aliphatic carbocycles. The average Bonchev–Trinajstić information content (AvgIpc) is 2.87. The molecule has 1 aromatic heterocycles. The molecular weight excluding hydrogens is 308 g/mol. The Balaban J connectivity index is 1.54. The quantitative estimate of drug-likeness (QED) is 0.851. The Kier molecular flexibility index (Phi) is 5.08. The van der Waals surface area contributed by atoms with E-state index >= 15 is 0 Å². The van der Waals surface area contributed by atoms with Crippen LogP contribution in [0.2, 0.25) is 0 Å². The highest BCUT2D eigenvalue weighted by molar-refractivity contribution is 5.81. The van der Waals surface area contributed by atoms with E-state index in [2.05, 4.69) is 15.3 Å². The van der Waals surface area contributed by atoms with Crippen molar-refractivity contribution < 1.29 is 14.3 Å². The van der Waals surface area contributed by atoms with Crippen LogP contribution in [0.3, 0.4) is 0 Å². The normalized spacial score (nSPS) is 25.8. The number of rotatable bonds is 5. The largest absolute Gasteiger partial charge is 0.370 e. The zero-order chi connectivity index (χ0) is 17.1. The van der Waals surface area contributed by atoms with Crippen molar-refractivity contribution in [1.82, 2.24) is 20.2 Å². The maximum atomic E-state index is 12.5. The lowest BCUT2D eigenvalue weighted by molar-refractivity contribution is -0.142. The first-order valence-electron chi connectivity index (χ1n) is 8.50. The minimum absolute atomic E-state index is 0.0318. The molecule has 0 radical (unpaired) electrons. The summed E-state index contributed by atoms with van der Waals surface area (Å²) in [5.41, 5.74) is 0.955. The first kappa shape index (κ1) is 16.8. The number of aromatic nitrogens is 2. The van der Waals surface area contributed by atoms with Crippen molar-refractivity contribution in [2.45, 2.75) is 51.4 Å². The van der Waals surface area contributed by atoms with Crippen LogP contribution in [0.5, 0.6) is 0 Å². The van der Waals surface area contributed by atoms with Gasteiger partial charge < -0.3 is 15.0 Å². The first-order valence-corrected chi connectivity index (χ1v) is 8.50. The average molecular weight is 332 g/mol. The summed E-state index contributed by atoms with van der Waals surface area (Å²) < 4.78 is 5.88. The number of fused-ring (bicyclic) bond motifs is 2. The predicted octanol–water partition coefficient (Wildman–Crippen LogP) is 0.550. The van der Waals surface area contributed by atoms with Crippen LogP contribution in [0.15, 0.2) is 18.7 Å². The van der Waals surface area contributed by atoms with Crippen molar-refractivity contribution in [2.75, 3.05) is 13.1 Å². The Morgan fingerprint density at radius 1 is 1.33 bits per heavy atom. The summed E-state index contributed by atoms with van der Waals surface area (Å²) in [6.45, 7) is 4.97. The first-order chi connectivity index (χ1) is 11.5. The van der Waals surface area contributed by atoms with E-state index in [-0.39, 0.29) is 36.0 Å². The number of hydrogen-bond donors (Lipinski definition) is 1. The van der Waals surface area contributed by atoms with Gasteiger partial charge in [-0.1, -0.05) is 0 Å². The third-order valence-corrected chi connectivity index (χ3v) is 4.52. The Morgan fingerprint density at radius 2 is 2.08 bits per heavy atom. The molecule has 2 saturated heterocycles. The van der Waals surface area contributed by atoms with Crippen molar-refractivity contribution in [1.29, 1.82) is 0 Å². The zero-order valence-corrected chi connectivity index (χ0v) is 14.1. The number of amides is 2. The van der Waals surface area contributed by atoms with Gasteiger partial charge in [-0.2, -0.15) is 0 Å². The molecule has 0 aromatic carbocycles. The second kappa shape index (κ2) is 7.25. The summed E-state index contributed by atoms with van der Waals surface area (Å²) in [4.78, 5) is 34.5. The molecule has 7 heteroatoms. The highest BCUT2D eigenvalue weighted by Gasteiger charge is 2.45. The van der Waals surface area contributed by atoms with Gasteiger partial charge in [0.1, 0.15) is 6.33 Å². The van der Waals surface area contributed by atoms with E-state index in [0.717, 1.165) is 5.56 Å². The molecule has 2 aliphatic heterocycles. The van der Waals surface area contributed by atoms with E-state index in [1.54, 1.807) is 12.4 Å². The summed E-state index contributed by atoms with van der Waals surface area (Å²) >= 11 is 0. The standard InChI is InChI=1S/C17H24N4O3/c1-11(2)20-17(23)14-5-13-8-21(9-15(14)24-13)16(22)4-3-12-6-18-10-19-7-12/h6-7,10-11,13-15H,3-5,8-9H2,1-2H3,(H,20,23). The summed E-state index contributed by atoms with van der Waals surface area (Å²) in [6.07, 6.45) is 6.47. The van der Waals surface area contributed by atoms with Crippen LogP contribution in [-0.4, -0.2) is 58.0 Å². The van der Waals surface area contributed by atoms with Gasteiger partial charge in [0.2, 0.25) is 11.8 Å². The van der Waals surface area contributed by atoms with Crippen LogP contribution in [0.25, 0.3) is 0 Å². The Bertz CT molecular complexity index is 593. The molecule has 2 fully saturated rings. The molecule has 3 heterocycles. The van der Waals surface area contributed by atoms with Gasteiger partial charge in [-0.25, -0.2) is 9.97 Å². The van der Waals surface area contributed by atoms with E-state index < -0.39 is 0 Å². The number of morpholine rings is 1. The number of likely N-dealkylation sites (tertiary alicyclic amines) is 1. The molecule has 2 bridgehead atoms. The minimum atomic E-state index is -0.188. The fourth-order valence-electron chi connectivity index (χ4n) is 3.40. The van der Waals surface area contributed by atoms with Gasteiger partial charge in [-0.05, 0) is 32.3 Å². The maximum Gasteiger partial charge on any atom is 0.226 e. The fraction of sp³-hybridized carbons (Fsp3) is 0.647. The smallest absolute Gasteiger partial charge is 0.226 e. The van der Waals surface area contributed by atoms with E-state index in [1.165, 1.54) is 6.33 Å². The number of carbonyl (C=O) groups is 2. The van der Waals surface area contributed by atoms with Gasteiger partial charge in [0.25, 0.3) is 0 Å². The summed E-state index contributed by atoms with van der Waals surface area (Å²) in [5, 5.41) is 2.95. The van der Waals surface area contributed by atoms with Crippen LogP contribution in [0.4, 0.5) is 0 Å².